The van der Waals surface area contributed by atoms with Gasteiger partial charge in [0.1, 0.15) is 3.70 Å². The van der Waals surface area contributed by atoms with Gasteiger partial charge in [-0.3, -0.25) is 4.79 Å². The minimum atomic E-state index is -5.12. The van der Waals surface area contributed by atoms with Gasteiger partial charge in [-0.05, 0) is 35.6 Å². The molecule has 0 aliphatic heterocycles. The molecule has 0 spiro atoms. The predicted octanol–water partition coefficient (Wildman–Crippen LogP) is 3.63. The summed E-state index contributed by atoms with van der Waals surface area (Å²) in [6.07, 6.45) is -8.75. The van der Waals surface area contributed by atoms with E-state index in [4.69, 9.17) is 0 Å². The van der Waals surface area contributed by atoms with Crippen molar-refractivity contribution in [2.75, 3.05) is 6.61 Å². The highest BCUT2D eigenvalue weighted by atomic mass is 127. The van der Waals surface area contributed by atoms with Crippen LogP contribution in [0.25, 0.3) is 0 Å². The molecule has 21 heavy (non-hydrogen) atoms. The van der Waals surface area contributed by atoms with Gasteiger partial charge in [-0.15, -0.1) is 13.2 Å². The van der Waals surface area contributed by atoms with Crippen LogP contribution in [0.3, 0.4) is 0 Å². The zero-order valence-electron chi connectivity index (χ0n) is 10.5. The number of halogens is 6. The second kappa shape index (κ2) is 7.18. The van der Waals surface area contributed by atoms with Crippen LogP contribution in [-0.4, -0.2) is 23.9 Å². The van der Waals surface area contributed by atoms with Crippen molar-refractivity contribution in [3.8, 4) is 5.75 Å². The van der Waals surface area contributed by atoms with Crippen LogP contribution >= 0.6 is 22.6 Å². The van der Waals surface area contributed by atoms with E-state index in [0.29, 0.717) is 6.07 Å². The first-order chi connectivity index (χ1) is 9.64. The summed E-state index contributed by atoms with van der Waals surface area (Å²) in [5.74, 6) is -1.78. The van der Waals surface area contributed by atoms with Crippen LogP contribution < -0.4 is 4.74 Å². The monoisotopic (exact) mass is 425 g/mol. The molecule has 0 radical (unpaired) electrons. The van der Waals surface area contributed by atoms with Crippen molar-refractivity contribution >= 4 is 28.6 Å². The highest BCUT2D eigenvalue weighted by molar-refractivity contribution is 14.1. The molecule has 0 fully saturated rings. The highest BCUT2D eigenvalue weighted by Gasteiger charge is 2.35. The van der Waals surface area contributed by atoms with Gasteiger partial charge in [0.05, 0.1) is 24.3 Å². The molecule has 0 bridgehead atoms. The van der Waals surface area contributed by atoms with Gasteiger partial charge in [-0.1, -0.05) is 0 Å². The Hall–Kier alpha value is -1.20. The topological polar surface area (TPSA) is 48.4 Å². The largest absolute Gasteiger partial charge is 0.573 e. The van der Waals surface area contributed by atoms with Crippen molar-refractivity contribution in [1.82, 2.24) is 4.98 Å². The van der Waals surface area contributed by atoms with E-state index >= 15 is 0 Å². The lowest BCUT2D eigenvalue weighted by Gasteiger charge is -2.15. The van der Waals surface area contributed by atoms with Gasteiger partial charge >= 0.3 is 12.3 Å². The number of aromatic nitrogens is 1. The molecule has 0 saturated heterocycles. The maximum absolute atomic E-state index is 12.9. The number of esters is 1. The third-order valence-electron chi connectivity index (χ3n) is 2.10. The van der Waals surface area contributed by atoms with Gasteiger partial charge < -0.3 is 9.47 Å². The zero-order valence-corrected chi connectivity index (χ0v) is 12.7. The van der Waals surface area contributed by atoms with Crippen molar-refractivity contribution < 1.29 is 36.2 Å². The van der Waals surface area contributed by atoms with Crippen molar-refractivity contribution in [3.05, 3.63) is 21.0 Å². The van der Waals surface area contributed by atoms with E-state index in [-0.39, 0.29) is 12.3 Å². The Labute approximate surface area is 129 Å². The maximum atomic E-state index is 12.9. The van der Waals surface area contributed by atoms with E-state index in [1.54, 1.807) is 6.92 Å². The van der Waals surface area contributed by atoms with Crippen molar-refractivity contribution in [2.24, 2.45) is 0 Å². The second-order valence-electron chi connectivity index (χ2n) is 3.65. The SMILES string of the molecule is CCOC(=O)Cc1cc(C(F)F)c(OC(F)(F)F)c(I)n1. The first-order valence-electron chi connectivity index (χ1n) is 5.52. The number of alkyl halides is 5. The Morgan fingerprint density at radius 3 is 2.52 bits per heavy atom. The standard InChI is InChI=1S/C11H9F5INO3/c1-2-20-7(19)4-5-3-6(9(12)13)8(10(17)18-5)21-11(14,15)16/h3,9H,2,4H2,1H3. The lowest BCUT2D eigenvalue weighted by molar-refractivity contribution is -0.275. The van der Waals surface area contributed by atoms with Crippen molar-refractivity contribution in [1.29, 1.82) is 0 Å². The fraction of sp³-hybridized carbons (Fsp3) is 0.455. The average Bonchev–Trinajstić information content (AvgIpc) is 2.30. The zero-order chi connectivity index (χ0) is 16.2. The molecule has 1 rings (SSSR count). The Morgan fingerprint density at radius 1 is 1.43 bits per heavy atom. The average molecular weight is 425 g/mol. The van der Waals surface area contributed by atoms with Crippen molar-refractivity contribution in [2.45, 2.75) is 26.1 Å². The number of rotatable bonds is 5. The van der Waals surface area contributed by atoms with Crippen LogP contribution in [0.4, 0.5) is 22.0 Å². The van der Waals surface area contributed by atoms with Crippen LogP contribution in [0.15, 0.2) is 6.07 Å². The molecule has 0 amide bonds. The molecule has 0 saturated carbocycles. The van der Waals surface area contributed by atoms with Crippen LogP contribution in [0.2, 0.25) is 0 Å². The Balaban J connectivity index is 3.15. The molecular formula is C11H9F5INO3. The normalized spacial score (nSPS) is 11.6. The van der Waals surface area contributed by atoms with Crippen LogP contribution in [0, 0.1) is 3.70 Å². The molecule has 0 aliphatic carbocycles. The third-order valence-corrected chi connectivity index (χ3v) is 2.83. The molecule has 0 aromatic carbocycles. The number of nitrogens with zero attached hydrogens (tertiary/aromatic N) is 1. The smallest absolute Gasteiger partial charge is 0.466 e. The molecule has 4 nitrogen and oxygen atoms in total. The van der Waals surface area contributed by atoms with Crippen LogP contribution in [-0.2, 0) is 16.0 Å². The van der Waals surface area contributed by atoms with E-state index in [9.17, 15) is 26.7 Å². The van der Waals surface area contributed by atoms with Gasteiger partial charge in [0.15, 0.2) is 5.75 Å². The van der Waals surface area contributed by atoms with Gasteiger partial charge in [0.2, 0.25) is 0 Å². The fourth-order valence-electron chi connectivity index (χ4n) is 1.40. The fourth-order valence-corrected chi connectivity index (χ4v) is 2.13. The van der Waals surface area contributed by atoms with Gasteiger partial charge in [-0.25, -0.2) is 13.8 Å². The summed E-state index contributed by atoms with van der Waals surface area (Å²) in [5.41, 5.74) is -1.10. The third kappa shape index (κ3) is 5.59. The lowest BCUT2D eigenvalue weighted by Crippen LogP contribution is -2.20. The summed E-state index contributed by atoms with van der Waals surface area (Å²) in [6, 6.07) is 0.699. The van der Waals surface area contributed by atoms with E-state index in [0.717, 1.165) is 0 Å². The molecule has 0 unspecified atom stereocenters. The molecule has 0 atom stereocenters. The Morgan fingerprint density at radius 2 is 2.05 bits per heavy atom. The molecule has 1 aromatic rings. The molecule has 0 aliphatic rings. The minimum absolute atomic E-state index is 0.0902. The van der Waals surface area contributed by atoms with Gasteiger partial charge in [0.25, 0.3) is 6.43 Å². The predicted molar refractivity (Wildman–Crippen MR) is 68.9 cm³/mol. The summed E-state index contributed by atoms with van der Waals surface area (Å²) in [6.45, 7) is 1.65. The van der Waals surface area contributed by atoms with E-state index < -0.39 is 40.2 Å². The van der Waals surface area contributed by atoms with Gasteiger partial charge in [-0.2, -0.15) is 0 Å². The summed E-state index contributed by atoms with van der Waals surface area (Å²) in [5, 5.41) is 0. The highest BCUT2D eigenvalue weighted by Crippen LogP contribution is 2.36. The molecular weight excluding hydrogens is 416 g/mol. The molecule has 0 N–H and O–H groups in total. The molecule has 1 heterocycles. The second-order valence-corrected chi connectivity index (χ2v) is 4.67. The summed E-state index contributed by atoms with van der Waals surface area (Å²) >= 11 is 1.33. The summed E-state index contributed by atoms with van der Waals surface area (Å²) in [7, 11) is 0. The van der Waals surface area contributed by atoms with Crippen molar-refractivity contribution in [3.63, 3.8) is 0 Å². The number of pyridine rings is 1. The van der Waals surface area contributed by atoms with Crippen LogP contribution in [0.5, 0.6) is 5.75 Å². The number of carbonyl (C=O) groups is 1. The number of carbonyl (C=O) groups excluding carboxylic acids is 1. The van der Waals surface area contributed by atoms with E-state index in [1.165, 1.54) is 22.6 Å². The quantitative estimate of drug-likeness (QED) is 0.313. The Bertz CT molecular complexity index is 521. The van der Waals surface area contributed by atoms with Gasteiger partial charge in [0, 0.05) is 0 Å². The summed E-state index contributed by atoms with van der Waals surface area (Å²) < 4.78 is 70.1. The maximum Gasteiger partial charge on any atom is 0.573 e. The van der Waals surface area contributed by atoms with Crippen LogP contribution in [0.1, 0.15) is 24.6 Å². The first-order valence-corrected chi connectivity index (χ1v) is 6.60. The lowest BCUT2D eigenvalue weighted by atomic mass is 10.2. The number of ether oxygens (including phenoxy) is 2. The molecule has 10 heteroatoms. The molecule has 1 aromatic heterocycles. The first kappa shape index (κ1) is 17.9. The number of hydrogen-bond acceptors (Lipinski definition) is 4. The van der Waals surface area contributed by atoms with E-state index in [2.05, 4.69) is 14.5 Å². The Kier molecular flexibility index (Phi) is 6.10. The van der Waals surface area contributed by atoms with E-state index in [1.807, 2.05) is 0 Å². The minimum Gasteiger partial charge on any atom is -0.466 e. The number of hydrogen-bond donors (Lipinski definition) is 0. The summed E-state index contributed by atoms with van der Waals surface area (Å²) in [4.78, 5) is 14.9. The molecule has 118 valence electrons.